The van der Waals surface area contributed by atoms with Gasteiger partial charge in [-0.05, 0) is 70.6 Å². The average Bonchev–Trinajstić information content (AvgIpc) is 2.52. The molecule has 0 aromatic heterocycles. The van der Waals surface area contributed by atoms with Crippen molar-refractivity contribution >= 4 is 6.09 Å². The number of aliphatic hydroxyl groups is 1. The molecule has 1 N–H and O–H groups in total. The molecule has 5 nitrogen and oxygen atoms in total. The van der Waals surface area contributed by atoms with E-state index in [4.69, 9.17) is 9.47 Å². The molecular weight excluding hydrogens is 349 g/mol. The molecule has 27 heavy (non-hydrogen) atoms. The Morgan fingerprint density at radius 2 is 1.93 bits per heavy atom. The maximum Gasteiger partial charge on any atom is 0.410 e. The lowest BCUT2D eigenvalue weighted by molar-refractivity contribution is -0.0919. The van der Waals surface area contributed by atoms with Gasteiger partial charge in [0, 0.05) is 18.5 Å². The Kier molecular flexibility index (Phi) is 5.39. The fourth-order valence-corrected chi connectivity index (χ4v) is 4.48. The normalized spacial score (nSPS) is 28.0. The summed E-state index contributed by atoms with van der Waals surface area (Å²) < 4.78 is 24.6. The Labute approximate surface area is 160 Å². The lowest BCUT2D eigenvalue weighted by atomic mass is 9.73. The van der Waals surface area contributed by atoms with Gasteiger partial charge in [0.05, 0.1) is 12.7 Å². The Bertz CT molecular complexity index is 686. The van der Waals surface area contributed by atoms with Gasteiger partial charge in [-0.15, -0.1) is 0 Å². The molecule has 2 aliphatic heterocycles. The van der Waals surface area contributed by atoms with E-state index in [1.807, 2.05) is 25.7 Å². The molecule has 2 heterocycles. The van der Waals surface area contributed by atoms with Crippen LogP contribution < -0.4 is 4.74 Å². The van der Waals surface area contributed by atoms with Crippen molar-refractivity contribution < 1.29 is 23.8 Å². The molecule has 0 saturated carbocycles. The van der Waals surface area contributed by atoms with Crippen molar-refractivity contribution in [1.29, 1.82) is 0 Å². The minimum atomic E-state index is -0.949. The molecule has 3 rings (SSSR count). The summed E-state index contributed by atoms with van der Waals surface area (Å²) in [5.74, 6) is -0.229. The fourth-order valence-electron chi connectivity index (χ4n) is 4.48. The first-order chi connectivity index (χ1) is 12.6. The van der Waals surface area contributed by atoms with Gasteiger partial charge in [-0.1, -0.05) is 6.07 Å². The zero-order valence-corrected chi connectivity index (χ0v) is 16.6. The van der Waals surface area contributed by atoms with E-state index in [1.54, 1.807) is 12.1 Å². The van der Waals surface area contributed by atoms with Gasteiger partial charge in [0.15, 0.2) is 11.6 Å². The minimum Gasteiger partial charge on any atom is -0.494 e. The van der Waals surface area contributed by atoms with Crippen LogP contribution in [0, 0.1) is 5.82 Å². The number of amides is 1. The first-order valence-corrected chi connectivity index (χ1v) is 9.66. The summed E-state index contributed by atoms with van der Waals surface area (Å²) in [6, 6.07) is 4.72. The molecule has 0 aliphatic carbocycles. The Balaban J connectivity index is 1.75. The highest BCUT2D eigenvalue weighted by Crippen LogP contribution is 2.41. The molecule has 2 atom stereocenters. The Morgan fingerprint density at radius 3 is 2.44 bits per heavy atom. The van der Waals surface area contributed by atoms with E-state index < -0.39 is 17.0 Å². The lowest BCUT2D eigenvalue weighted by Crippen LogP contribution is -2.61. The molecule has 1 aromatic carbocycles. The number of nitrogens with zero attached hydrogens (tertiary/aromatic N) is 1. The molecular formula is C21H30FNO4. The van der Waals surface area contributed by atoms with E-state index in [2.05, 4.69) is 0 Å². The van der Waals surface area contributed by atoms with Gasteiger partial charge >= 0.3 is 6.09 Å². The smallest absolute Gasteiger partial charge is 0.410 e. The van der Waals surface area contributed by atoms with Crippen LogP contribution >= 0.6 is 0 Å². The van der Waals surface area contributed by atoms with Crippen molar-refractivity contribution in [2.24, 2.45) is 0 Å². The molecule has 2 bridgehead atoms. The van der Waals surface area contributed by atoms with Crippen LogP contribution in [0.15, 0.2) is 18.2 Å². The second-order valence-corrected chi connectivity index (χ2v) is 8.90. The van der Waals surface area contributed by atoms with E-state index in [0.29, 0.717) is 19.3 Å². The molecule has 2 aliphatic rings. The topological polar surface area (TPSA) is 59.0 Å². The standard InChI is InChI=1S/C21H30FNO4/c1-20(2,3)27-19(24)23-15-6-5-7-16(23)13-21(25,12-15)11-14-8-9-18(26-4)17(22)10-14/h8-10,15-16,25H,5-7,11-13H2,1-4H3. The predicted molar refractivity (Wildman–Crippen MR) is 100 cm³/mol. The summed E-state index contributed by atoms with van der Waals surface area (Å²) in [5.41, 5.74) is -0.755. The zero-order valence-electron chi connectivity index (χ0n) is 16.6. The molecule has 2 fully saturated rings. The molecule has 0 radical (unpaired) electrons. The van der Waals surface area contributed by atoms with Crippen molar-refractivity contribution in [1.82, 2.24) is 4.90 Å². The summed E-state index contributed by atoms with van der Waals surface area (Å²) in [4.78, 5) is 14.5. The summed E-state index contributed by atoms with van der Waals surface area (Å²) in [6.45, 7) is 5.58. The zero-order chi connectivity index (χ0) is 19.8. The van der Waals surface area contributed by atoms with E-state index in [0.717, 1.165) is 24.8 Å². The summed E-state index contributed by atoms with van der Waals surface area (Å²) >= 11 is 0. The van der Waals surface area contributed by atoms with Crippen molar-refractivity contribution in [3.63, 3.8) is 0 Å². The van der Waals surface area contributed by atoms with Crippen LogP contribution in [0.4, 0.5) is 9.18 Å². The van der Waals surface area contributed by atoms with Crippen LogP contribution in [-0.4, -0.2) is 46.5 Å². The van der Waals surface area contributed by atoms with Gasteiger partial charge < -0.3 is 19.5 Å². The highest BCUT2D eigenvalue weighted by molar-refractivity contribution is 5.69. The Morgan fingerprint density at radius 1 is 1.30 bits per heavy atom. The quantitative estimate of drug-likeness (QED) is 0.860. The van der Waals surface area contributed by atoms with Crippen LogP contribution in [0.25, 0.3) is 0 Å². The highest BCUT2D eigenvalue weighted by atomic mass is 19.1. The first-order valence-electron chi connectivity index (χ1n) is 9.66. The number of rotatable bonds is 3. The second-order valence-electron chi connectivity index (χ2n) is 8.90. The number of halogens is 1. The molecule has 1 aromatic rings. The number of benzene rings is 1. The molecule has 6 heteroatoms. The Hall–Kier alpha value is -1.82. The number of hydrogen-bond acceptors (Lipinski definition) is 4. The number of carbonyl (C=O) groups excluding carboxylic acids is 1. The van der Waals surface area contributed by atoms with Crippen LogP contribution in [0.5, 0.6) is 5.75 Å². The number of hydrogen-bond donors (Lipinski definition) is 1. The predicted octanol–water partition coefficient (Wildman–Crippen LogP) is 4.06. The van der Waals surface area contributed by atoms with Crippen LogP contribution in [0.2, 0.25) is 0 Å². The van der Waals surface area contributed by atoms with Gasteiger partial charge in [-0.3, -0.25) is 0 Å². The van der Waals surface area contributed by atoms with Crippen LogP contribution in [0.1, 0.15) is 58.4 Å². The third kappa shape index (κ3) is 4.54. The molecule has 2 saturated heterocycles. The third-order valence-electron chi connectivity index (χ3n) is 5.45. The monoisotopic (exact) mass is 379 g/mol. The number of methoxy groups -OCH3 is 1. The highest BCUT2D eigenvalue weighted by Gasteiger charge is 2.48. The molecule has 150 valence electrons. The maximum atomic E-state index is 14.0. The summed E-state index contributed by atoms with van der Waals surface area (Å²) in [5, 5.41) is 11.2. The third-order valence-corrected chi connectivity index (χ3v) is 5.45. The van der Waals surface area contributed by atoms with Crippen LogP contribution in [0.3, 0.4) is 0 Å². The number of fused-ring (bicyclic) bond motifs is 2. The summed E-state index contributed by atoms with van der Waals surface area (Å²) in [6.07, 6.45) is 3.79. The second kappa shape index (κ2) is 7.30. The van der Waals surface area contributed by atoms with Crippen molar-refractivity contribution in [2.75, 3.05) is 7.11 Å². The van der Waals surface area contributed by atoms with Gasteiger partial charge in [0.2, 0.25) is 0 Å². The van der Waals surface area contributed by atoms with Crippen molar-refractivity contribution in [3.8, 4) is 5.75 Å². The number of carbonyl (C=O) groups is 1. The molecule has 2 unspecified atom stereocenters. The molecule has 1 amide bonds. The number of piperidine rings is 2. The van der Waals surface area contributed by atoms with Gasteiger partial charge in [-0.25, -0.2) is 9.18 Å². The van der Waals surface area contributed by atoms with Crippen molar-refractivity contribution in [2.45, 2.75) is 82.6 Å². The maximum absolute atomic E-state index is 14.0. The molecule has 0 spiro atoms. The van der Waals surface area contributed by atoms with Crippen LogP contribution in [-0.2, 0) is 11.2 Å². The van der Waals surface area contributed by atoms with E-state index >= 15 is 0 Å². The summed E-state index contributed by atoms with van der Waals surface area (Å²) in [7, 11) is 1.43. The van der Waals surface area contributed by atoms with E-state index in [1.165, 1.54) is 13.2 Å². The van der Waals surface area contributed by atoms with Gasteiger partial charge in [0.1, 0.15) is 5.60 Å². The number of ether oxygens (including phenoxy) is 2. The largest absolute Gasteiger partial charge is 0.494 e. The minimum absolute atomic E-state index is 0.0413. The van der Waals surface area contributed by atoms with E-state index in [-0.39, 0.29) is 23.9 Å². The van der Waals surface area contributed by atoms with Crippen molar-refractivity contribution in [3.05, 3.63) is 29.6 Å². The van der Waals surface area contributed by atoms with Gasteiger partial charge in [0.25, 0.3) is 0 Å². The van der Waals surface area contributed by atoms with E-state index in [9.17, 15) is 14.3 Å². The first kappa shape index (κ1) is 19.9. The lowest BCUT2D eigenvalue weighted by Gasteiger charge is -2.51. The fraction of sp³-hybridized carbons (Fsp3) is 0.667. The SMILES string of the molecule is COc1ccc(CC2(O)CC3CCCC(C2)N3C(=O)OC(C)(C)C)cc1F. The average molecular weight is 379 g/mol. The van der Waals surface area contributed by atoms with Gasteiger partial charge in [-0.2, -0.15) is 0 Å².